The molecule has 2 aromatic carbocycles. The van der Waals surface area contributed by atoms with Crippen LogP contribution in [0, 0.1) is 5.82 Å². The van der Waals surface area contributed by atoms with Gasteiger partial charge in [0.25, 0.3) is 0 Å². The maximum atomic E-state index is 13.0. The molecular weight excluding hydrogens is 421 g/mol. The van der Waals surface area contributed by atoms with E-state index in [0.717, 1.165) is 28.6 Å². The van der Waals surface area contributed by atoms with Gasteiger partial charge in [-0.1, -0.05) is 28.1 Å². The van der Waals surface area contributed by atoms with E-state index in [4.69, 9.17) is 0 Å². The summed E-state index contributed by atoms with van der Waals surface area (Å²) in [7, 11) is -3.86. The zero-order valence-electron chi connectivity index (χ0n) is 14.6. The molecule has 2 unspecified atom stereocenters. The molecule has 0 aliphatic rings. The van der Waals surface area contributed by atoms with Crippen molar-refractivity contribution in [2.45, 2.75) is 42.9 Å². The van der Waals surface area contributed by atoms with E-state index in [1.54, 1.807) is 0 Å². The van der Waals surface area contributed by atoms with E-state index in [0.29, 0.717) is 6.42 Å². The van der Waals surface area contributed by atoms with E-state index in [2.05, 4.69) is 21.2 Å². The Balaban J connectivity index is 1.94. The molecule has 140 valence electrons. The monoisotopic (exact) mass is 441 g/mol. The zero-order chi connectivity index (χ0) is 19.3. The Morgan fingerprint density at radius 3 is 2.23 bits per heavy atom. The number of rotatable bonds is 7. The second-order valence-corrected chi connectivity index (χ2v) is 9.40. The number of hydrogen-bond donors (Lipinski definition) is 1. The summed E-state index contributed by atoms with van der Waals surface area (Å²) in [5.41, 5.74) is 1.14. The second-order valence-electron chi connectivity index (χ2n) is 6.22. The van der Waals surface area contributed by atoms with Gasteiger partial charge in [0.1, 0.15) is 11.1 Å². The average molecular weight is 442 g/mol. The molecule has 2 rings (SSSR count). The lowest BCUT2D eigenvalue weighted by Crippen LogP contribution is -2.42. The fourth-order valence-electron chi connectivity index (χ4n) is 2.44. The molecule has 2 aromatic rings. The quantitative estimate of drug-likeness (QED) is 0.662. The summed E-state index contributed by atoms with van der Waals surface area (Å²) in [5.74, 6) is -1.08. The highest BCUT2D eigenvalue weighted by atomic mass is 79.9. The number of amides is 1. The summed E-state index contributed by atoms with van der Waals surface area (Å²) in [6.07, 6.45) is 1.46. The summed E-state index contributed by atoms with van der Waals surface area (Å²) in [6.45, 7) is 3.18. The van der Waals surface area contributed by atoms with Gasteiger partial charge in [0.05, 0.1) is 4.90 Å². The van der Waals surface area contributed by atoms with Crippen molar-refractivity contribution >= 4 is 31.7 Å². The summed E-state index contributed by atoms with van der Waals surface area (Å²) in [4.78, 5) is 12.3. The van der Waals surface area contributed by atoms with Crippen molar-refractivity contribution in [1.82, 2.24) is 5.32 Å². The van der Waals surface area contributed by atoms with Crippen LogP contribution >= 0.6 is 15.9 Å². The molecule has 26 heavy (non-hydrogen) atoms. The molecule has 0 fully saturated rings. The SMILES string of the molecule is CC(CCc1ccc(Br)cc1)NC(=O)C(C)S(=O)(=O)c1ccc(F)cc1. The van der Waals surface area contributed by atoms with Crippen molar-refractivity contribution in [2.24, 2.45) is 0 Å². The smallest absolute Gasteiger partial charge is 0.238 e. The maximum absolute atomic E-state index is 13.0. The summed E-state index contributed by atoms with van der Waals surface area (Å²) >= 11 is 3.38. The molecule has 0 saturated heterocycles. The maximum Gasteiger partial charge on any atom is 0.238 e. The number of nitrogens with one attached hydrogen (secondary N) is 1. The van der Waals surface area contributed by atoms with Crippen LogP contribution in [0.25, 0.3) is 0 Å². The molecule has 4 nitrogen and oxygen atoms in total. The van der Waals surface area contributed by atoms with Crippen LogP contribution in [-0.2, 0) is 21.1 Å². The third-order valence-corrected chi connectivity index (χ3v) is 6.75. The minimum Gasteiger partial charge on any atom is -0.353 e. The molecule has 1 amide bonds. The van der Waals surface area contributed by atoms with Crippen LogP contribution < -0.4 is 5.32 Å². The number of carbonyl (C=O) groups excluding carboxylic acids is 1. The molecule has 0 bridgehead atoms. The molecule has 0 aliphatic heterocycles. The Bertz CT molecular complexity index is 851. The number of halogens is 2. The lowest BCUT2D eigenvalue weighted by molar-refractivity contribution is -0.121. The van der Waals surface area contributed by atoms with Gasteiger partial charge in [-0.25, -0.2) is 12.8 Å². The van der Waals surface area contributed by atoms with Gasteiger partial charge in [-0.15, -0.1) is 0 Å². The van der Waals surface area contributed by atoms with Crippen molar-refractivity contribution in [2.75, 3.05) is 0 Å². The van der Waals surface area contributed by atoms with Crippen LogP contribution in [0.5, 0.6) is 0 Å². The first-order valence-electron chi connectivity index (χ1n) is 8.24. The molecule has 0 saturated carbocycles. The van der Waals surface area contributed by atoms with E-state index in [1.165, 1.54) is 19.1 Å². The third-order valence-electron chi connectivity index (χ3n) is 4.14. The van der Waals surface area contributed by atoms with Crippen LogP contribution in [0.15, 0.2) is 57.9 Å². The standard InChI is InChI=1S/C19H21BrFNO3S/c1-13(3-4-15-5-7-16(20)8-6-15)22-19(23)14(2)26(24,25)18-11-9-17(21)10-12-18/h5-14H,3-4H2,1-2H3,(H,22,23). The Morgan fingerprint density at radius 1 is 1.08 bits per heavy atom. The predicted molar refractivity (Wildman–Crippen MR) is 103 cm³/mol. The molecule has 7 heteroatoms. The predicted octanol–water partition coefficient (Wildman–Crippen LogP) is 3.89. The molecular formula is C19H21BrFNO3S. The average Bonchev–Trinajstić information content (AvgIpc) is 2.61. The molecule has 1 N–H and O–H groups in total. The van der Waals surface area contributed by atoms with E-state index < -0.39 is 26.8 Å². The molecule has 0 aliphatic carbocycles. The fourth-order valence-corrected chi connectivity index (χ4v) is 3.97. The van der Waals surface area contributed by atoms with Gasteiger partial charge >= 0.3 is 0 Å². The topological polar surface area (TPSA) is 63.2 Å². The van der Waals surface area contributed by atoms with Crippen LogP contribution in [0.1, 0.15) is 25.8 Å². The first-order chi connectivity index (χ1) is 12.2. The minimum atomic E-state index is -3.86. The van der Waals surface area contributed by atoms with Crippen molar-refractivity contribution in [3.8, 4) is 0 Å². The summed E-state index contributed by atoms with van der Waals surface area (Å²) in [5, 5.41) is 1.50. The Morgan fingerprint density at radius 2 is 1.65 bits per heavy atom. The molecule has 2 atom stereocenters. The van der Waals surface area contributed by atoms with E-state index in [9.17, 15) is 17.6 Å². The first kappa shape index (κ1) is 20.6. The molecule has 0 aromatic heterocycles. The van der Waals surface area contributed by atoms with E-state index in [-0.39, 0.29) is 10.9 Å². The highest BCUT2D eigenvalue weighted by Crippen LogP contribution is 2.17. The second kappa shape index (κ2) is 8.77. The van der Waals surface area contributed by atoms with E-state index in [1.807, 2.05) is 31.2 Å². The zero-order valence-corrected chi connectivity index (χ0v) is 17.0. The normalized spacial score (nSPS) is 13.8. The van der Waals surface area contributed by atoms with Gasteiger partial charge in [0.15, 0.2) is 9.84 Å². The van der Waals surface area contributed by atoms with Crippen LogP contribution in [0.4, 0.5) is 4.39 Å². The van der Waals surface area contributed by atoms with Gasteiger partial charge in [-0.2, -0.15) is 0 Å². The molecule has 0 heterocycles. The van der Waals surface area contributed by atoms with Crippen LogP contribution in [0.2, 0.25) is 0 Å². The fraction of sp³-hybridized carbons (Fsp3) is 0.316. The lowest BCUT2D eigenvalue weighted by Gasteiger charge is -2.18. The van der Waals surface area contributed by atoms with Crippen molar-refractivity contribution < 1.29 is 17.6 Å². The van der Waals surface area contributed by atoms with Crippen molar-refractivity contribution in [3.05, 3.63) is 64.4 Å². The lowest BCUT2D eigenvalue weighted by atomic mass is 10.1. The largest absolute Gasteiger partial charge is 0.353 e. The van der Waals surface area contributed by atoms with Gasteiger partial charge in [0.2, 0.25) is 5.91 Å². The van der Waals surface area contributed by atoms with Gasteiger partial charge in [0, 0.05) is 10.5 Å². The van der Waals surface area contributed by atoms with Gasteiger partial charge < -0.3 is 5.32 Å². The number of sulfone groups is 1. The van der Waals surface area contributed by atoms with Crippen molar-refractivity contribution in [3.63, 3.8) is 0 Å². The number of hydrogen-bond acceptors (Lipinski definition) is 3. The number of carbonyl (C=O) groups is 1. The van der Waals surface area contributed by atoms with Crippen LogP contribution in [0.3, 0.4) is 0 Å². The van der Waals surface area contributed by atoms with E-state index >= 15 is 0 Å². The third kappa shape index (κ3) is 5.38. The Kier molecular flexibility index (Phi) is 6.94. The Labute approximate surface area is 161 Å². The minimum absolute atomic E-state index is 0.0657. The van der Waals surface area contributed by atoms with Crippen molar-refractivity contribution in [1.29, 1.82) is 0 Å². The number of benzene rings is 2. The highest BCUT2D eigenvalue weighted by molar-refractivity contribution is 9.10. The van der Waals surface area contributed by atoms with Crippen LogP contribution in [-0.4, -0.2) is 25.6 Å². The van der Waals surface area contributed by atoms with Gasteiger partial charge in [-0.3, -0.25) is 4.79 Å². The summed E-state index contributed by atoms with van der Waals surface area (Å²) < 4.78 is 39.0. The summed E-state index contributed by atoms with van der Waals surface area (Å²) in [6, 6.07) is 12.2. The number of aryl methyl sites for hydroxylation is 1. The Hall–Kier alpha value is -1.73. The first-order valence-corrected chi connectivity index (χ1v) is 10.6. The highest BCUT2D eigenvalue weighted by Gasteiger charge is 2.30. The molecule has 0 radical (unpaired) electrons. The van der Waals surface area contributed by atoms with Gasteiger partial charge in [-0.05, 0) is 68.7 Å². The molecule has 0 spiro atoms.